The molecule has 69 heavy (non-hydrogen) atoms. The number of hydrogen-bond acceptors (Lipinski definition) is 2. The molecular formula is C64H39N5. The molecule has 0 saturated heterocycles. The van der Waals surface area contributed by atoms with Crippen molar-refractivity contribution in [2.24, 2.45) is 0 Å². The van der Waals surface area contributed by atoms with Crippen molar-refractivity contribution in [2.75, 3.05) is 0 Å². The summed E-state index contributed by atoms with van der Waals surface area (Å²) in [4.78, 5) is 10.8. The first-order valence-corrected chi connectivity index (χ1v) is 23.6. The van der Waals surface area contributed by atoms with Gasteiger partial charge in [-0.2, -0.15) is 0 Å². The number of para-hydroxylation sites is 6. The number of fused-ring (bicyclic) bond motifs is 12. The molecule has 0 saturated carbocycles. The maximum atomic E-state index is 5.42. The number of nitrogens with zero attached hydrogens (tertiary/aromatic N) is 5. The smallest absolute Gasteiger partial charge is 0.0973 e. The molecule has 15 aromatic rings. The van der Waals surface area contributed by atoms with E-state index >= 15 is 0 Å². The summed E-state index contributed by atoms with van der Waals surface area (Å²) in [5.74, 6) is 0. The van der Waals surface area contributed by atoms with Crippen molar-refractivity contribution in [3.8, 4) is 39.6 Å². The molecule has 320 valence electrons. The third-order valence-corrected chi connectivity index (χ3v) is 14.3. The fourth-order valence-electron chi connectivity index (χ4n) is 11.3. The zero-order valence-corrected chi connectivity index (χ0v) is 37.3. The molecule has 4 heterocycles. The Labute approximate surface area is 396 Å². The summed E-state index contributed by atoms with van der Waals surface area (Å²) < 4.78 is 7.24. The molecule has 15 rings (SSSR count). The van der Waals surface area contributed by atoms with Gasteiger partial charge < -0.3 is 13.7 Å². The van der Waals surface area contributed by atoms with Gasteiger partial charge in [0.1, 0.15) is 0 Å². The van der Waals surface area contributed by atoms with E-state index in [1.807, 2.05) is 12.1 Å². The standard InChI is InChI=1S/C64H39N5/c1-2-20-45(21-3-1)67-56-28-11-6-23-47(56)51-36-44(32-33-60(51)67)64-63(65-54-26-9-10-27-55(54)66-64)43-19-14-22-46(34-43)68-57-29-12-7-25-49(57)53-39-50-42(38-61(53)68)18-15-31-59(50)69-58-30-13-8-24-48(58)52-35-40-16-4-5-17-41(40)37-62(52)69/h1-39H. The van der Waals surface area contributed by atoms with E-state index in [2.05, 4.69) is 238 Å². The molecule has 0 fully saturated rings. The Morgan fingerprint density at radius 2 is 0.725 bits per heavy atom. The molecule has 0 amide bonds. The lowest BCUT2D eigenvalue weighted by molar-refractivity contribution is 1.18. The third-order valence-electron chi connectivity index (χ3n) is 14.3. The van der Waals surface area contributed by atoms with E-state index < -0.39 is 0 Å². The van der Waals surface area contributed by atoms with Gasteiger partial charge in [-0.25, -0.2) is 9.97 Å². The van der Waals surface area contributed by atoms with Gasteiger partial charge in [-0.05, 0) is 113 Å². The van der Waals surface area contributed by atoms with Gasteiger partial charge in [-0.15, -0.1) is 0 Å². The number of benzene rings is 11. The van der Waals surface area contributed by atoms with Crippen LogP contribution in [0, 0.1) is 0 Å². The molecular weight excluding hydrogens is 839 g/mol. The molecule has 5 nitrogen and oxygen atoms in total. The SMILES string of the molecule is c1ccc(-n2c3ccccc3c3cc(-c4nc5ccccc5nc4-c4cccc(-n5c6ccccc6c6cc7c(-n8c9ccccc9c9cc%10ccccc%10cc98)cccc7cc65)c4)ccc32)cc1. The lowest BCUT2D eigenvalue weighted by atomic mass is 10.0. The summed E-state index contributed by atoms with van der Waals surface area (Å²) in [6, 6.07) is 85.6. The van der Waals surface area contributed by atoms with Crippen LogP contribution in [0.5, 0.6) is 0 Å². The van der Waals surface area contributed by atoms with Crippen LogP contribution in [0.3, 0.4) is 0 Å². The molecule has 0 radical (unpaired) electrons. The van der Waals surface area contributed by atoms with Crippen molar-refractivity contribution in [1.29, 1.82) is 0 Å². The molecule has 0 spiro atoms. The number of aromatic nitrogens is 5. The number of rotatable bonds is 5. The second-order valence-corrected chi connectivity index (χ2v) is 18.2. The quantitative estimate of drug-likeness (QED) is 0.173. The monoisotopic (exact) mass is 877 g/mol. The van der Waals surface area contributed by atoms with Gasteiger partial charge in [0.25, 0.3) is 0 Å². The summed E-state index contributed by atoms with van der Waals surface area (Å²) >= 11 is 0. The Morgan fingerprint density at radius 3 is 1.43 bits per heavy atom. The molecule has 0 atom stereocenters. The van der Waals surface area contributed by atoms with Crippen LogP contribution in [0.1, 0.15) is 0 Å². The maximum absolute atomic E-state index is 5.42. The highest BCUT2D eigenvalue weighted by Gasteiger charge is 2.21. The predicted octanol–water partition coefficient (Wildman–Crippen LogP) is 16.6. The Bertz CT molecular complexity index is 4610. The Hall–Kier alpha value is -9.32. The van der Waals surface area contributed by atoms with Crippen LogP contribution in [0.25, 0.3) is 138 Å². The summed E-state index contributed by atoms with van der Waals surface area (Å²) in [5, 5.41) is 12.2. The van der Waals surface area contributed by atoms with Gasteiger partial charge in [0.15, 0.2) is 0 Å². The van der Waals surface area contributed by atoms with Gasteiger partial charge >= 0.3 is 0 Å². The van der Waals surface area contributed by atoms with Crippen LogP contribution < -0.4 is 0 Å². The molecule has 0 aliphatic heterocycles. The summed E-state index contributed by atoms with van der Waals surface area (Å²) in [6.45, 7) is 0. The van der Waals surface area contributed by atoms with Crippen LogP contribution in [0.4, 0.5) is 0 Å². The highest BCUT2D eigenvalue weighted by Crippen LogP contribution is 2.42. The highest BCUT2D eigenvalue weighted by molar-refractivity contribution is 6.18. The van der Waals surface area contributed by atoms with E-state index in [0.717, 1.165) is 61.5 Å². The maximum Gasteiger partial charge on any atom is 0.0973 e. The van der Waals surface area contributed by atoms with Crippen molar-refractivity contribution in [3.05, 3.63) is 237 Å². The second kappa shape index (κ2) is 14.6. The molecule has 0 aliphatic rings. The lowest BCUT2D eigenvalue weighted by Gasteiger charge is -2.15. The zero-order valence-electron chi connectivity index (χ0n) is 37.3. The van der Waals surface area contributed by atoms with Crippen molar-refractivity contribution < 1.29 is 0 Å². The fraction of sp³-hybridized carbons (Fsp3) is 0. The van der Waals surface area contributed by atoms with Crippen molar-refractivity contribution in [1.82, 2.24) is 23.7 Å². The molecule has 0 aliphatic carbocycles. The van der Waals surface area contributed by atoms with E-state index in [4.69, 9.17) is 9.97 Å². The molecule has 4 aromatic heterocycles. The van der Waals surface area contributed by atoms with E-state index in [1.54, 1.807) is 0 Å². The lowest BCUT2D eigenvalue weighted by Crippen LogP contribution is -1.98. The first-order chi connectivity index (χ1) is 34.2. The van der Waals surface area contributed by atoms with Crippen LogP contribution in [-0.2, 0) is 0 Å². The molecule has 0 bridgehead atoms. The molecule has 5 heteroatoms. The van der Waals surface area contributed by atoms with Crippen LogP contribution in [-0.4, -0.2) is 23.7 Å². The predicted molar refractivity (Wildman–Crippen MR) is 288 cm³/mol. The van der Waals surface area contributed by atoms with Gasteiger partial charge in [0.2, 0.25) is 0 Å². The van der Waals surface area contributed by atoms with E-state index in [-0.39, 0.29) is 0 Å². The zero-order chi connectivity index (χ0) is 45.2. The van der Waals surface area contributed by atoms with Crippen LogP contribution >= 0.6 is 0 Å². The highest BCUT2D eigenvalue weighted by atomic mass is 15.0. The minimum Gasteiger partial charge on any atom is -0.309 e. The van der Waals surface area contributed by atoms with Crippen molar-refractivity contribution in [3.63, 3.8) is 0 Å². The average Bonchev–Trinajstić information content (AvgIpc) is 4.04. The van der Waals surface area contributed by atoms with Crippen LogP contribution in [0.2, 0.25) is 0 Å². The average molecular weight is 878 g/mol. The van der Waals surface area contributed by atoms with Gasteiger partial charge in [-0.1, -0.05) is 140 Å². The van der Waals surface area contributed by atoms with Crippen molar-refractivity contribution >= 4 is 98.0 Å². The van der Waals surface area contributed by atoms with Crippen LogP contribution in [0.15, 0.2) is 237 Å². The fourth-order valence-corrected chi connectivity index (χ4v) is 11.3. The van der Waals surface area contributed by atoms with Gasteiger partial charge in [0.05, 0.1) is 61.2 Å². The normalized spacial score (nSPS) is 12.1. The first kappa shape index (κ1) is 37.9. The second-order valence-electron chi connectivity index (χ2n) is 18.2. The Kier molecular flexibility index (Phi) is 8.00. The Morgan fingerprint density at radius 1 is 0.246 bits per heavy atom. The van der Waals surface area contributed by atoms with E-state index in [9.17, 15) is 0 Å². The Balaban J connectivity index is 0.928. The molecule has 0 unspecified atom stereocenters. The first-order valence-electron chi connectivity index (χ1n) is 23.6. The minimum atomic E-state index is 0.844. The largest absolute Gasteiger partial charge is 0.309 e. The van der Waals surface area contributed by atoms with Gasteiger partial charge in [-0.3, -0.25) is 0 Å². The number of hydrogen-bond donors (Lipinski definition) is 0. The van der Waals surface area contributed by atoms with Gasteiger partial charge in [0, 0.05) is 60.2 Å². The third kappa shape index (κ3) is 5.65. The summed E-state index contributed by atoms with van der Waals surface area (Å²) in [5.41, 5.74) is 15.8. The topological polar surface area (TPSA) is 40.6 Å². The summed E-state index contributed by atoms with van der Waals surface area (Å²) in [7, 11) is 0. The van der Waals surface area contributed by atoms with E-state index in [0.29, 0.717) is 0 Å². The molecule has 0 N–H and O–H groups in total. The van der Waals surface area contributed by atoms with Crippen molar-refractivity contribution in [2.45, 2.75) is 0 Å². The summed E-state index contributed by atoms with van der Waals surface area (Å²) in [6.07, 6.45) is 0. The minimum absolute atomic E-state index is 0.844. The van der Waals surface area contributed by atoms with E-state index in [1.165, 1.54) is 76.1 Å². The molecule has 11 aromatic carbocycles.